The topological polar surface area (TPSA) is 96.6 Å². The van der Waals surface area contributed by atoms with Crippen molar-refractivity contribution in [3.63, 3.8) is 0 Å². The molecule has 0 fully saturated rings. The zero-order valence-corrected chi connectivity index (χ0v) is 9.51. The maximum atomic E-state index is 11.8. The number of carboxylic acids is 1. The van der Waals surface area contributed by atoms with Gasteiger partial charge < -0.3 is 9.52 Å². The lowest BCUT2D eigenvalue weighted by molar-refractivity contribution is -0.132. The minimum atomic E-state index is -4.49. The van der Waals surface area contributed by atoms with Crippen LogP contribution in [0, 0.1) is 0 Å². The Morgan fingerprint density at radius 3 is 2.44 bits per heavy atom. The minimum Gasteiger partial charge on any atom is -0.475 e. The highest BCUT2D eigenvalue weighted by molar-refractivity contribution is 7.89. The molecule has 0 unspecified atom stereocenters. The molecule has 0 aliphatic rings. The summed E-state index contributed by atoms with van der Waals surface area (Å²) in [6, 6.07) is 1.74. The van der Waals surface area contributed by atoms with Crippen molar-refractivity contribution in [1.82, 2.24) is 4.72 Å². The number of aromatic carboxylic acids is 1. The lowest BCUT2D eigenvalue weighted by atomic mass is 10.4. The predicted molar refractivity (Wildman–Crippen MR) is 51.5 cm³/mol. The first-order valence-corrected chi connectivity index (χ1v) is 6.00. The second-order valence-corrected chi connectivity index (χ2v) is 4.88. The Morgan fingerprint density at radius 1 is 1.39 bits per heavy atom. The first kappa shape index (κ1) is 14.5. The molecule has 10 heteroatoms. The van der Waals surface area contributed by atoms with Gasteiger partial charge in [-0.15, -0.1) is 0 Å². The molecular weight excluding hydrogens is 279 g/mol. The third-order valence-electron chi connectivity index (χ3n) is 1.76. The summed E-state index contributed by atoms with van der Waals surface area (Å²) in [5.74, 6) is -2.10. The number of carboxylic acid groups (broad SMARTS) is 1. The molecule has 0 atom stereocenters. The van der Waals surface area contributed by atoms with Crippen LogP contribution in [0.2, 0.25) is 0 Å². The van der Waals surface area contributed by atoms with E-state index < -0.39 is 46.0 Å². The van der Waals surface area contributed by atoms with Gasteiger partial charge in [-0.3, -0.25) is 0 Å². The molecule has 1 aromatic heterocycles. The van der Waals surface area contributed by atoms with Crippen molar-refractivity contribution >= 4 is 16.0 Å². The molecule has 2 N–H and O–H groups in total. The predicted octanol–water partition coefficient (Wildman–Crippen LogP) is 1.21. The molecule has 0 aliphatic heterocycles. The van der Waals surface area contributed by atoms with Gasteiger partial charge in [-0.05, 0) is 12.1 Å². The van der Waals surface area contributed by atoms with Crippen LogP contribution in [0.3, 0.4) is 0 Å². The van der Waals surface area contributed by atoms with Gasteiger partial charge in [0.2, 0.25) is 10.9 Å². The van der Waals surface area contributed by atoms with Gasteiger partial charge in [0.05, 0.1) is 6.42 Å². The number of sulfonamides is 1. The van der Waals surface area contributed by atoms with Crippen LogP contribution in [0.25, 0.3) is 0 Å². The zero-order chi connectivity index (χ0) is 14.0. The van der Waals surface area contributed by atoms with Crippen molar-refractivity contribution in [3.8, 4) is 0 Å². The molecule has 18 heavy (non-hydrogen) atoms. The smallest absolute Gasteiger partial charge is 0.390 e. The summed E-state index contributed by atoms with van der Waals surface area (Å²) in [5.41, 5.74) is 0. The molecule has 102 valence electrons. The summed E-state index contributed by atoms with van der Waals surface area (Å²) < 4.78 is 64.3. The average Bonchev–Trinajstić information content (AvgIpc) is 2.63. The van der Waals surface area contributed by atoms with Crippen LogP contribution >= 0.6 is 0 Å². The molecule has 1 rings (SSSR count). The van der Waals surface area contributed by atoms with E-state index in [0.29, 0.717) is 0 Å². The number of nitrogens with one attached hydrogen (secondary N) is 1. The Morgan fingerprint density at radius 2 is 2.00 bits per heavy atom. The molecule has 0 saturated carbocycles. The number of hydrogen-bond donors (Lipinski definition) is 2. The van der Waals surface area contributed by atoms with E-state index in [4.69, 9.17) is 5.11 Å². The summed E-state index contributed by atoms with van der Waals surface area (Å²) in [7, 11) is -4.28. The summed E-state index contributed by atoms with van der Waals surface area (Å²) in [5, 5.41) is 7.74. The Balaban J connectivity index is 2.71. The SMILES string of the molecule is O=C(O)c1ccc(S(=O)(=O)NCCC(F)(F)F)o1. The standard InChI is InChI=1S/C8H8F3NO5S/c9-8(10,11)3-4-12-18(15,16)6-2-1-5(17-6)7(13)14/h1-2,12H,3-4H2,(H,13,14). The van der Waals surface area contributed by atoms with Gasteiger partial charge in [-0.25, -0.2) is 17.9 Å². The van der Waals surface area contributed by atoms with Crippen molar-refractivity contribution in [3.05, 3.63) is 17.9 Å². The molecule has 0 amide bonds. The molecule has 0 bridgehead atoms. The second-order valence-electron chi connectivity index (χ2n) is 3.19. The fourth-order valence-electron chi connectivity index (χ4n) is 0.978. The van der Waals surface area contributed by atoms with E-state index in [2.05, 4.69) is 4.42 Å². The van der Waals surface area contributed by atoms with E-state index >= 15 is 0 Å². The summed E-state index contributed by atoms with van der Waals surface area (Å²) >= 11 is 0. The summed E-state index contributed by atoms with van der Waals surface area (Å²) in [6.07, 6.45) is -5.82. The van der Waals surface area contributed by atoms with Crippen molar-refractivity contribution < 1.29 is 35.9 Å². The number of halogens is 3. The summed E-state index contributed by atoms with van der Waals surface area (Å²) in [6.45, 7) is -0.852. The van der Waals surface area contributed by atoms with Gasteiger partial charge in [-0.1, -0.05) is 0 Å². The highest BCUT2D eigenvalue weighted by Gasteiger charge is 2.28. The maximum absolute atomic E-state index is 11.8. The van der Waals surface area contributed by atoms with E-state index in [0.717, 1.165) is 12.1 Å². The number of hydrogen-bond acceptors (Lipinski definition) is 4. The van der Waals surface area contributed by atoms with Crippen LogP contribution < -0.4 is 4.72 Å². The third kappa shape index (κ3) is 4.04. The fourth-order valence-corrected chi connectivity index (χ4v) is 1.94. The van der Waals surface area contributed by atoms with Crippen molar-refractivity contribution in [2.75, 3.05) is 6.54 Å². The molecule has 0 saturated heterocycles. The third-order valence-corrected chi connectivity index (χ3v) is 3.09. The largest absolute Gasteiger partial charge is 0.475 e. The minimum absolute atomic E-state index is 0.619. The van der Waals surface area contributed by atoms with Crippen molar-refractivity contribution in [1.29, 1.82) is 0 Å². The van der Waals surface area contributed by atoms with E-state index in [1.54, 1.807) is 4.72 Å². The molecular formula is C8H8F3NO5S. The Kier molecular flexibility index (Phi) is 4.02. The van der Waals surface area contributed by atoms with Crippen molar-refractivity contribution in [2.45, 2.75) is 17.7 Å². The second kappa shape index (κ2) is 4.98. The van der Waals surface area contributed by atoms with Crippen LogP contribution in [0.1, 0.15) is 17.0 Å². The number of furan rings is 1. The van der Waals surface area contributed by atoms with Gasteiger partial charge in [0.15, 0.2) is 0 Å². The Labute approximate surface area is 99.4 Å². The first-order chi connectivity index (χ1) is 8.12. The molecule has 0 aromatic carbocycles. The van der Waals surface area contributed by atoms with E-state index in [1.807, 2.05) is 0 Å². The van der Waals surface area contributed by atoms with Gasteiger partial charge in [0.1, 0.15) is 0 Å². The van der Waals surface area contributed by atoms with Gasteiger partial charge in [0.25, 0.3) is 10.0 Å². The van der Waals surface area contributed by atoms with Crippen LogP contribution in [0.4, 0.5) is 13.2 Å². The normalized spacial score (nSPS) is 12.6. The lowest BCUT2D eigenvalue weighted by Crippen LogP contribution is -2.27. The lowest BCUT2D eigenvalue weighted by Gasteiger charge is -2.06. The highest BCUT2D eigenvalue weighted by Crippen LogP contribution is 2.19. The first-order valence-electron chi connectivity index (χ1n) is 4.51. The highest BCUT2D eigenvalue weighted by atomic mass is 32.2. The Hall–Kier alpha value is -1.55. The van der Waals surface area contributed by atoms with E-state index in [9.17, 15) is 26.4 Å². The monoisotopic (exact) mass is 287 g/mol. The quantitative estimate of drug-likeness (QED) is 0.848. The summed E-state index contributed by atoms with van der Waals surface area (Å²) in [4.78, 5) is 10.4. The van der Waals surface area contributed by atoms with Crippen molar-refractivity contribution in [2.24, 2.45) is 0 Å². The number of alkyl halides is 3. The average molecular weight is 287 g/mol. The number of rotatable bonds is 5. The Bertz CT molecular complexity index is 533. The molecule has 0 radical (unpaired) electrons. The van der Waals surface area contributed by atoms with Crippen LogP contribution in [-0.2, 0) is 10.0 Å². The fraction of sp³-hybridized carbons (Fsp3) is 0.375. The van der Waals surface area contributed by atoms with Crippen LogP contribution in [-0.4, -0.2) is 32.2 Å². The zero-order valence-electron chi connectivity index (χ0n) is 8.69. The maximum Gasteiger partial charge on any atom is 0.390 e. The van der Waals surface area contributed by atoms with Gasteiger partial charge >= 0.3 is 12.1 Å². The molecule has 0 aliphatic carbocycles. The van der Waals surface area contributed by atoms with Crippen LogP contribution in [0.15, 0.2) is 21.6 Å². The molecule has 0 spiro atoms. The van der Waals surface area contributed by atoms with Crippen LogP contribution in [0.5, 0.6) is 0 Å². The van der Waals surface area contributed by atoms with E-state index in [-0.39, 0.29) is 0 Å². The molecule has 6 nitrogen and oxygen atoms in total. The van der Waals surface area contributed by atoms with Gasteiger partial charge in [0, 0.05) is 6.54 Å². The number of carbonyl (C=O) groups is 1. The molecule has 1 heterocycles. The molecule has 1 aromatic rings. The van der Waals surface area contributed by atoms with Gasteiger partial charge in [-0.2, -0.15) is 13.2 Å². The van der Waals surface area contributed by atoms with E-state index in [1.165, 1.54) is 0 Å².